The van der Waals surface area contributed by atoms with E-state index in [9.17, 15) is 0 Å². The maximum Gasteiger partial charge on any atom is 0.145 e. The molecule has 0 aliphatic carbocycles. The molecule has 110 valence electrons. The van der Waals surface area contributed by atoms with Crippen LogP contribution in [-0.2, 0) is 13.1 Å². The monoisotopic (exact) mass is 321 g/mol. The fraction of sp³-hybridized carbons (Fsp3) is 0.333. The van der Waals surface area contributed by atoms with E-state index in [1.165, 1.54) is 10.4 Å². The van der Waals surface area contributed by atoms with Crippen molar-refractivity contribution in [1.29, 1.82) is 0 Å². The fourth-order valence-corrected chi connectivity index (χ4v) is 3.74. The Hall–Kier alpha value is -1.43. The van der Waals surface area contributed by atoms with E-state index in [1.807, 2.05) is 13.1 Å². The summed E-state index contributed by atoms with van der Waals surface area (Å²) in [6.45, 7) is 5.59. The summed E-state index contributed by atoms with van der Waals surface area (Å²) in [5, 5.41) is 1.54. The van der Waals surface area contributed by atoms with Crippen molar-refractivity contribution >= 4 is 33.2 Å². The van der Waals surface area contributed by atoms with Crippen molar-refractivity contribution in [3.63, 3.8) is 0 Å². The van der Waals surface area contributed by atoms with Gasteiger partial charge in [0.25, 0.3) is 0 Å². The van der Waals surface area contributed by atoms with Gasteiger partial charge in [0.1, 0.15) is 15.8 Å². The molecule has 21 heavy (non-hydrogen) atoms. The van der Waals surface area contributed by atoms with Crippen molar-refractivity contribution in [3.05, 3.63) is 45.6 Å². The molecule has 0 fully saturated rings. The molecule has 0 aromatic carbocycles. The minimum absolute atomic E-state index is 0.550. The number of furan rings is 1. The van der Waals surface area contributed by atoms with Gasteiger partial charge in [-0.05, 0) is 32.5 Å². The van der Waals surface area contributed by atoms with E-state index in [0.29, 0.717) is 11.7 Å². The molecule has 0 atom stereocenters. The molecule has 0 spiro atoms. The quantitative estimate of drug-likeness (QED) is 0.676. The van der Waals surface area contributed by atoms with Crippen LogP contribution in [0.25, 0.3) is 10.2 Å². The van der Waals surface area contributed by atoms with Crippen molar-refractivity contribution in [2.75, 3.05) is 7.05 Å². The Morgan fingerprint density at radius 3 is 2.81 bits per heavy atom. The second kappa shape index (κ2) is 5.75. The highest BCUT2D eigenvalue weighted by molar-refractivity contribution is 7.18. The van der Waals surface area contributed by atoms with Gasteiger partial charge in [0.05, 0.1) is 24.5 Å². The Bertz CT molecular complexity index is 767. The lowest BCUT2D eigenvalue weighted by molar-refractivity contribution is 0.310. The standard InChI is InChI=1S/C15H16ClN3OS/c1-9-10(2)21-15-13(9)14(16)17-12(18-15)7-19(3)6-11-4-5-20-8-11/h4-5,8H,6-7H2,1-3H3. The number of aryl methyl sites for hydroxylation is 2. The Morgan fingerprint density at radius 2 is 2.10 bits per heavy atom. The summed E-state index contributed by atoms with van der Waals surface area (Å²) in [7, 11) is 2.03. The number of halogens is 1. The fourth-order valence-electron chi connectivity index (χ4n) is 2.30. The zero-order valence-electron chi connectivity index (χ0n) is 12.2. The first-order valence-electron chi connectivity index (χ1n) is 6.66. The topological polar surface area (TPSA) is 42.2 Å². The molecular weight excluding hydrogens is 306 g/mol. The first kappa shape index (κ1) is 14.5. The number of nitrogens with zero attached hydrogens (tertiary/aromatic N) is 3. The van der Waals surface area contributed by atoms with E-state index >= 15 is 0 Å². The van der Waals surface area contributed by atoms with Gasteiger partial charge in [-0.2, -0.15) is 0 Å². The van der Waals surface area contributed by atoms with Gasteiger partial charge in [0, 0.05) is 17.0 Å². The van der Waals surface area contributed by atoms with Crippen LogP contribution in [0, 0.1) is 13.8 Å². The van der Waals surface area contributed by atoms with Crippen LogP contribution in [0.3, 0.4) is 0 Å². The van der Waals surface area contributed by atoms with E-state index in [2.05, 4.69) is 28.7 Å². The van der Waals surface area contributed by atoms with Gasteiger partial charge in [-0.25, -0.2) is 9.97 Å². The summed E-state index contributed by atoms with van der Waals surface area (Å²) in [6.07, 6.45) is 3.43. The predicted octanol–water partition coefficient (Wildman–Crippen LogP) is 4.19. The molecule has 4 nitrogen and oxygen atoms in total. The smallest absolute Gasteiger partial charge is 0.145 e. The summed E-state index contributed by atoms with van der Waals surface area (Å²) >= 11 is 8.00. The Morgan fingerprint density at radius 1 is 1.29 bits per heavy atom. The molecule has 0 aliphatic rings. The predicted molar refractivity (Wildman–Crippen MR) is 85.8 cm³/mol. The number of hydrogen-bond donors (Lipinski definition) is 0. The summed E-state index contributed by atoms with van der Waals surface area (Å²) in [5.74, 6) is 0.750. The Kier molecular flexibility index (Phi) is 3.97. The van der Waals surface area contributed by atoms with Gasteiger partial charge >= 0.3 is 0 Å². The van der Waals surface area contributed by atoms with Gasteiger partial charge in [0.15, 0.2) is 0 Å². The molecule has 3 rings (SSSR count). The lowest BCUT2D eigenvalue weighted by Crippen LogP contribution is -2.18. The second-order valence-electron chi connectivity index (χ2n) is 5.20. The molecule has 0 N–H and O–H groups in total. The van der Waals surface area contributed by atoms with Crippen LogP contribution < -0.4 is 0 Å². The van der Waals surface area contributed by atoms with Crippen LogP contribution in [0.4, 0.5) is 0 Å². The first-order chi connectivity index (χ1) is 10.0. The second-order valence-corrected chi connectivity index (χ2v) is 6.76. The molecule has 0 radical (unpaired) electrons. The van der Waals surface area contributed by atoms with Crippen molar-refractivity contribution in [2.24, 2.45) is 0 Å². The van der Waals surface area contributed by atoms with Gasteiger partial charge in [-0.15, -0.1) is 11.3 Å². The summed E-state index contributed by atoms with van der Waals surface area (Å²) in [6, 6.07) is 1.96. The molecule has 6 heteroatoms. The summed E-state index contributed by atoms with van der Waals surface area (Å²) in [5.41, 5.74) is 2.31. The number of hydrogen-bond acceptors (Lipinski definition) is 5. The molecule has 0 unspecified atom stereocenters. The van der Waals surface area contributed by atoms with Crippen LogP contribution in [0.1, 0.15) is 21.8 Å². The molecule has 0 amide bonds. The average molecular weight is 322 g/mol. The highest BCUT2D eigenvalue weighted by Crippen LogP contribution is 2.33. The molecule has 0 aliphatic heterocycles. The molecule has 3 aromatic heterocycles. The largest absolute Gasteiger partial charge is 0.472 e. The van der Waals surface area contributed by atoms with Crippen molar-refractivity contribution in [2.45, 2.75) is 26.9 Å². The van der Waals surface area contributed by atoms with Gasteiger partial charge in [-0.1, -0.05) is 11.6 Å². The lowest BCUT2D eigenvalue weighted by atomic mass is 10.2. The van der Waals surface area contributed by atoms with Gasteiger partial charge in [-0.3, -0.25) is 4.90 Å². The minimum atomic E-state index is 0.550. The third-order valence-electron chi connectivity index (χ3n) is 3.47. The van der Waals surface area contributed by atoms with E-state index in [4.69, 9.17) is 16.0 Å². The maximum absolute atomic E-state index is 6.33. The third kappa shape index (κ3) is 2.95. The third-order valence-corrected chi connectivity index (χ3v) is 4.85. The highest BCUT2D eigenvalue weighted by atomic mass is 35.5. The SMILES string of the molecule is Cc1sc2nc(CN(C)Cc3ccoc3)nc(Cl)c2c1C. The van der Waals surface area contributed by atoms with E-state index < -0.39 is 0 Å². The Labute approximate surface area is 132 Å². The van der Waals surface area contributed by atoms with Crippen molar-refractivity contribution < 1.29 is 4.42 Å². The Balaban J connectivity index is 1.84. The number of aromatic nitrogens is 2. The summed E-state index contributed by atoms with van der Waals surface area (Å²) < 4.78 is 5.08. The summed E-state index contributed by atoms with van der Waals surface area (Å²) in [4.78, 5) is 13.4. The van der Waals surface area contributed by atoms with Gasteiger partial charge < -0.3 is 4.42 Å². The van der Waals surface area contributed by atoms with Crippen molar-refractivity contribution in [3.8, 4) is 0 Å². The zero-order valence-corrected chi connectivity index (χ0v) is 13.8. The molecule has 0 saturated heterocycles. The van der Waals surface area contributed by atoms with Crippen LogP contribution >= 0.6 is 22.9 Å². The van der Waals surface area contributed by atoms with Crippen molar-refractivity contribution in [1.82, 2.24) is 14.9 Å². The van der Waals surface area contributed by atoms with E-state index in [0.717, 1.165) is 28.1 Å². The van der Waals surface area contributed by atoms with Crippen LogP contribution in [-0.4, -0.2) is 21.9 Å². The van der Waals surface area contributed by atoms with E-state index in [1.54, 1.807) is 23.9 Å². The lowest BCUT2D eigenvalue weighted by Gasteiger charge is -2.14. The molecule has 0 saturated carbocycles. The average Bonchev–Trinajstić information content (AvgIpc) is 2.99. The van der Waals surface area contributed by atoms with Crippen LogP contribution in [0.2, 0.25) is 5.15 Å². The molecule has 3 heterocycles. The maximum atomic E-state index is 6.33. The van der Waals surface area contributed by atoms with E-state index in [-0.39, 0.29) is 0 Å². The number of thiophene rings is 1. The zero-order chi connectivity index (χ0) is 15.0. The molecular formula is C15H16ClN3OS. The minimum Gasteiger partial charge on any atom is -0.472 e. The molecule has 3 aromatic rings. The first-order valence-corrected chi connectivity index (χ1v) is 7.85. The number of fused-ring (bicyclic) bond motifs is 1. The van der Waals surface area contributed by atoms with Gasteiger partial charge in [0.2, 0.25) is 0 Å². The normalized spacial score (nSPS) is 11.7. The number of rotatable bonds is 4. The highest BCUT2D eigenvalue weighted by Gasteiger charge is 2.14. The van der Waals surface area contributed by atoms with Crippen LogP contribution in [0.5, 0.6) is 0 Å². The van der Waals surface area contributed by atoms with Crippen LogP contribution in [0.15, 0.2) is 23.0 Å². The molecule has 0 bridgehead atoms.